The van der Waals surface area contributed by atoms with Crippen LogP contribution in [-0.2, 0) is 11.2 Å². The molecule has 26 heavy (non-hydrogen) atoms. The zero-order chi connectivity index (χ0) is 19.2. The van der Waals surface area contributed by atoms with E-state index < -0.39 is 23.6 Å². The molecule has 1 aromatic heterocycles. The van der Waals surface area contributed by atoms with Crippen molar-refractivity contribution in [3.8, 4) is 29.2 Å². The van der Waals surface area contributed by atoms with Crippen LogP contribution in [0.25, 0.3) is 0 Å². The highest BCUT2D eigenvalue weighted by molar-refractivity contribution is 5.79. The highest BCUT2D eigenvalue weighted by Crippen LogP contribution is 2.45. The molecule has 0 spiro atoms. The summed E-state index contributed by atoms with van der Waals surface area (Å²) in [5.41, 5.74) is 11.9. The zero-order valence-electron chi connectivity index (χ0n) is 12.7. The predicted octanol–water partition coefficient (Wildman–Crippen LogP) is 1.99. The third kappa shape index (κ3) is 2.77. The first-order valence-electron chi connectivity index (χ1n) is 6.92. The molecule has 0 atom stereocenters. The summed E-state index contributed by atoms with van der Waals surface area (Å²) in [7, 11) is 0. The number of pyridine rings is 1. The summed E-state index contributed by atoms with van der Waals surface area (Å²) in [6.07, 6.45) is -5.21. The Bertz CT molecular complexity index is 983. The minimum Gasteiger partial charge on any atom is -0.507 e. The van der Waals surface area contributed by atoms with Crippen molar-refractivity contribution in [2.75, 3.05) is 11.5 Å². The maximum atomic E-state index is 12.3. The number of anilines is 2. The van der Waals surface area contributed by atoms with Gasteiger partial charge >= 0.3 is 12.1 Å². The van der Waals surface area contributed by atoms with E-state index in [-0.39, 0.29) is 40.7 Å². The summed E-state index contributed by atoms with van der Waals surface area (Å²) < 4.78 is 46.5. The van der Waals surface area contributed by atoms with Crippen molar-refractivity contribution < 1.29 is 32.5 Å². The molecule has 2 heterocycles. The van der Waals surface area contributed by atoms with Crippen molar-refractivity contribution in [1.29, 1.82) is 5.26 Å². The van der Waals surface area contributed by atoms with Crippen LogP contribution in [-0.4, -0.2) is 22.2 Å². The van der Waals surface area contributed by atoms with Crippen LogP contribution in [0.1, 0.15) is 16.7 Å². The molecule has 2 aromatic rings. The number of ether oxygens (including phenoxy) is 2. The van der Waals surface area contributed by atoms with Crippen LogP contribution in [0.2, 0.25) is 0 Å². The highest BCUT2D eigenvalue weighted by atomic mass is 19.4. The van der Waals surface area contributed by atoms with Crippen LogP contribution in [0.5, 0.6) is 23.1 Å². The number of aromatic nitrogens is 1. The van der Waals surface area contributed by atoms with Gasteiger partial charge in [-0.05, 0) is 0 Å². The maximum absolute atomic E-state index is 12.3. The van der Waals surface area contributed by atoms with Crippen molar-refractivity contribution in [2.24, 2.45) is 0 Å². The third-order valence-electron chi connectivity index (χ3n) is 3.60. The molecule has 0 radical (unpaired) electrons. The SMILES string of the molecule is N#Cc1c(N)nc2c(c1N)Cc1c(O)cc(OC(=O)C(F)(F)F)cc1O2. The smallest absolute Gasteiger partial charge is 0.491 e. The quantitative estimate of drug-likeness (QED) is 0.438. The number of phenols is 1. The Labute approximate surface area is 143 Å². The number of phenolic OH excluding ortho intramolecular Hbond substituents is 1. The van der Waals surface area contributed by atoms with Gasteiger partial charge in [-0.1, -0.05) is 0 Å². The van der Waals surface area contributed by atoms with E-state index in [1.807, 2.05) is 0 Å². The van der Waals surface area contributed by atoms with Crippen LogP contribution >= 0.6 is 0 Å². The number of nitriles is 1. The first-order valence-corrected chi connectivity index (χ1v) is 6.92. The van der Waals surface area contributed by atoms with Gasteiger partial charge in [0.05, 0.1) is 5.69 Å². The first-order chi connectivity index (χ1) is 12.1. The normalized spacial score (nSPS) is 12.4. The van der Waals surface area contributed by atoms with Crippen molar-refractivity contribution >= 4 is 17.5 Å². The van der Waals surface area contributed by atoms with E-state index in [0.717, 1.165) is 12.1 Å². The summed E-state index contributed by atoms with van der Waals surface area (Å²) in [6, 6.07) is 3.63. The zero-order valence-corrected chi connectivity index (χ0v) is 12.7. The van der Waals surface area contributed by atoms with Crippen LogP contribution < -0.4 is 20.9 Å². The van der Waals surface area contributed by atoms with Crippen LogP contribution in [0.3, 0.4) is 0 Å². The Balaban J connectivity index is 2.01. The highest BCUT2D eigenvalue weighted by Gasteiger charge is 2.41. The van der Waals surface area contributed by atoms with Crippen LogP contribution in [0.15, 0.2) is 12.1 Å². The Morgan fingerprint density at radius 3 is 2.65 bits per heavy atom. The number of alkyl halides is 3. The van der Waals surface area contributed by atoms with E-state index >= 15 is 0 Å². The molecule has 0 saturated carbocycles. The number of nitrogens with zero attached hydrogens (tertiary/aromatic N) is 2. The maximum Gasteiger partial charge on any atom is 0.491 e. The summed E-state index contributed by atoms with van der Waals surface area (Å²) in [4.78, 5) is 14.8. The van der Waals surface area contributed by atoms with Crippen molar-refractivity contribution in [2.45, 2.75) is 12.6 Å². The van der Waals surface area contributed by atoms with Gasteiger partial charge in [-0.2, -0.15) is 23.4 Å². The van der Waals surface area contributed by atoms with E-state index in [9.17, 15) is 23.1 Å². The first kappa shape index (κ1) is 17.2. The molecule has 134 valence electrons. The molecule has 8 nitrogen and oxygen atoms in total. The van der Waals surface area contributed by atoms with Crippen molar-refractivity contribution in [1.82, 2.24) is 4.98 Å². The molecule has 1 aromatic carbocycles. The summed E-state index contributed by atoms with van der Waals surface area (Å²) in [5.74, 6) is -3.83. The van der Waals surface area contributed by atoms with Gasteiger partial charge in [0.25, 0.3) is 0 Å². The lowest BCUT2D eigenvalue weighted by molar-refractivity contribution is -0.189. The van der Waals surface area contributed by atoms with Crippen LogP contribution in [0.4, 0.5) is 24.7 Å². The molecular weight excluding hydrogens is 357 g/mol. The molecule has 0 fully saturated rings. The minimum absolute atomic E-state index is 0.0161. The number of rotatable bonds is 1. The number of nitrogens with two attached hydrogens (primary N) is 2. The molecule has 1 aliphatic rings. The van der Waals surface area contributed by atoms with Gasteiger partial charge in [0.1, 0.15) is 34.7 Å². The molecule has 11 heteroatoms. The average Bonchev–Trinajstić information content (AvgIpc) is 2.53. The van der Waals surface area contributed by atoms with Gasteiger partial charge < -0.3 is 26.0 Å². The van der Waals surface area contributed by atoms with Crippen molar-refractivity contribution in [3.05, 3.63) is 28.8 Å². The summed E-state index contributed by atoms with van der Waals surface area (Å²) in [6.45, 7) is 0. The van der Waals surface area contributed by atoms with Gasteiger partial charge in [0, 0.05) is 29.7 Å². The largest absolute Gasteiger partial charge is 0.507 e. The lowest BCUT2D eigenvalue weighted by Gasteiger charge is -2.23. The van der Waals surface area contributed by atoms with Crippen LogP contribution in [0, 0.1) is 11.3 Å². The Hall–Kier alpha value is -3.68. The molecular formula is C15H9F3N4O4. The lowest BCUT2D eigenvalue weighted by Crippen LogP contribution is -2.28. The number of benzene rings is 1. The third-order valence-corrected chi connectivity index (χ3v) is 3.60. The van der Waals surface area contributed by atoms with Gasteiger partial charge in [-0.25, -0.2) is 4.79 Å². The summed E-state index contributed by atoms with van der Waals surface area (Å²) in [5, 5.41) is 19.1. The number of carbonyl (C=O) groups is 1. The van der Waals surface area contributed by atoms with E-state index in [2.05, 4.69) is 9.72 Å². The molecule has 0 unspecified atom stereocenters. The fourth-order valence-electron chi connectivity index (χ4n) is 2.39. The van der Waals surface area contributed by atoms with Gasteiger partial charge in [-0.3, -0.25) is 0 Å². The second kappa shape index (κ2) is 5.69. The van der Waals surface area contributed by atoms with Gasteiger partial charge in [0.2, 0.25) is 5.88 Å². The molecule has 1 aliphatic heterocycles. The topological polar surface area (TPSA) is 144 Å². The molecule has 0 bridgehead atoms. The van der Waals surface area contributed by atoms with E-state index in [0.29, 0.717) is 5.56 Å². The number of nitrogen functional groups attached to an aromatic ring is 2. The standard InChI is InChI=1S/C15H9F3N4O4/c16-15(17,18)14(24)25-5-1-9(23)6-3-7-11(20)8(4-19)12(21)22-13(7)26-10(6)2-5/h1-2,23H,3H2,(H4,20,21,22). The molecule has 3 rings (SSSR count). The molecule has 0 saturated heterocycles. The van der Waals surface area contributed by atoms with E-state index in [4.69, 9.17) is 21.5 Å². The number of fused-ring (bicyclic) bond motifs is 2. The Morgan fingerprint density at radius 1 is 1.35 bits per heavy atom. The summed E-state index contributed by atoms with van der Waals surface area (Å²) >= 11 is 0. The molecule has 0 amide bonds. The average molecular weight is 366 g/mol. The lowest BCUT2D eigenvalue weighted by atomic mass is 9.98. The fraction of sp³-hybridized carbons (Fsp3) is 0.133. The van der Waals surface area contributed by atoms with Crippen molar-refractivity contribution in [3.63, 3.8) is 0 Å². The minimum atomic E-state index is -5.20. The van der Waals surface area contributed by atoms with E-state index in [1.54, 1.807) is 6.07 Å². The predicted molar refractivity (Wildman–Crippen MR) is 80.5 cm³/mol. The Kier molecular flexibility index (Phi) is 3.76. The number of hydrogen-bond acceptors (Lipinski definition) is 8. The second-order valence-corrected chi connectivity index (χ2v) is 5.27. The van der Waals surface area contributed by atoms with Gasteiger partial charge in [-0.15, -0.1) is 0 Å². The Morgan fingerprint density at radius 2 is 2.04 bits per heavy atom. The number of hydrogen-bond donors (Lipinski definition) is 3. The number of carbonyl (C=O) groups excluding carboxylic acids is 1. The van der Waals surface area contributed by atoms with Gasteiger partial charge in [0.15, 0.2) is 0 Å². The molecule has 0 aliphatic carbocycles. The van der Waals surface area contributed by atoms with E-state index in [1.165, 1.54) is 0 Å². The number of esters is 1. The number of halogens is 3. The molecule has 5 N–H and O–H groups in total. The number of aromatic hydroxyl groups is 1. The monoisotopic (exact) mass is 366 g/mol. The second-order valence-electron chi connectivity index (χ2n) is 5.27. The fourth-order valence-corrected chi connectivity index (χ4v) is 2.39.